The predicted octanol–water partition coefficient (Wildman–Crippen LogP) is 2.64. The van der Waals surface area contributed by atoms with E-state index in [-0.39, 0.29) is 5.75 Å². The summed E-state index contributed by atoms with van der Waals surface area (Å²) in [5.41, 5.74) is 1.02. The van der Waals surface area contributed by atoms with E-state index in [9.17, 15) is 8.78 Å². The van der Waals surface area contributed by atoms with Crippen LogP contribution in [-0.2, 0) is 4.74 Å². The van der Waals surface area contributed by atoms with Crippen LogP contribution in [0.4, 0.5) is 8.78 Å². The summed E-state index contributed by atoms with van der Waals surface area (Å²) in [4.78, 5) is 0. The topological polar surface area (TPSA) is 39.7 Å². The van der Waals surface area contributed by atoms with Crippen LogP contribution in [0.15, 0.2) is 18.2 Å². The second kappa shape index (κ2) is 7.56. The van der Waals surface area contributed by atoms with Gasteiger partial charge >= 0.3 is 6.61 Å². The molecule has 2 unspecified atom stereocenters. The fourth-order valence-electron chi connectivity index (χ4n) is 2.46. The van der Waals surface area contributed by atoms with Gasteiger partial charge in [-0.2, -0.15) is 8.78 Å². The van der Waals surface area contributed by atoms with Crippen molar-refractivity contribution in [2.24, 2.45) is 5.92 Å². The van der Waals surface area contributed by atoms with E-state index in [2.05, 4.69) is 10.1 Å². The smallest absolute Gasteiger partial charge is 0.387 e. The Kier molecular flexibility index (Phi) is 5.76. The third-order valence-corrected chi connectivity index (χ3v) is 3.64. The zero-order valence-electron chi connectivity index (χ0n) is 12.3. The molecule has 2 atom stereocenters. The van der Waals surface area contributed by atoms with Gasteiger partial charge in [0.2, 0.25) is 0 Å². The van der Waals surface area contributed by atoms with Gasteiger partial charge in [-0.3, -0.25) is 0 Å². The Bertz CT molecular complexity index is 457. The van der Waals surface area contributed by atoms with Gasteiger partial charge in [0, 0.05) is 13.7 Å². The Morgan fingerprint density at radius 2 is 2.10 bits per heavy atom. The lowest BCUT2D eigenvalue weighted by Crippen LogP contribution is -2.21. The second-order valence-corrected chi connectivity index (χ2v) is 5.09. The summed E-state index contributed by atoms with van der Waals surface area (Å²) < 4.78 is 39.3. The highest BCUT2D eigenvalue weighted by Crippen LogP contribution is 2.48. The summed E-state index contributed by atoms with van der Waals surface area (Å²) >= 11 is 0. The van der Waals surface area contributed by atoms with Gasteiger partial charge in [0.25, 0.3) is 0 Å². The molecule has 1 aliphatic carbocycles. The van der Waals surface area contributed by atoms with Crippen LogP contribution in [0.3, 0.4) is 0 Å². The first-order chi connectivity index (χ1) is 10.2. The molecule has 0 saturated heterocycles. The molecule has 0 bridgehead atoms. The summed E-state index contributed by atoms with van der Waals surface area (Å²) in [5.74, 6) is 1.36. The Morgan fingerprint density at radius 1 is 1.29 bits per heavy atom. The normalized spacial score (nSPS) is 20.6. The van der Waals surface area contributed by atoms with E-state index >= 15 is 0 Å². The summed E-state index contributed by atoms with van der Waals surface area (Å²) in [6, 6.07) is 5.25. The fraction of sp³-hybridized carbons (Fsp3) is 0.600. The molecule has 0 spiro atoms. The zero-order chi connectivity index (χ0) is 15.2. The van der Waals surface area contributed by atoms with Crippen LogP contribution in [-0.4, -0.2) is 40.5 Å². The largest absolute Gasteiger partial charge is 0.493 e. The number of hydrogen-bond acceptors (Lipinski definition) is 4. The molecular weight excluding hydrogens is 280 g/mol. The van der Waals surface area contributed by atoms with E-state index < -0.39 is 6.61 Å². The van der Waals surface area contributed by atoms with Crippen molar-refractivity contribution in [2.45, 2.75) is 19.0 Å². The van der Waals surface area contributed by atoms with Crippen molar-refractivity contribution in [1.82, 2.24) is 5.32 Å². The molecule has 1 aromatic rings. The van der Waals surface area contributed by atoms with E-state index in [4.69, 9.17) is 9.47 Å². The number of rotatable bonds is 9. The highest BCUT2D eigenvalue weighted by molar-refractivity contribution is 5.45. The maximum atomic E-state index is 12.4. The molecule has 6 heteroatoms. The lowest BCUT2D eigenvalue weighted by molar-refractivity contribution is -0.0512. The molecule has 4 nitrogen and oxygen atoms in total. The Morgan fingerprint density at radius 3 is 2.76 bits per heavy atom. The Labute approximate surface area is 123 Å². The highest BCUT2D eigenvalue weighted by Gasteiger charge is 2.38. The average Bonchev–Trinajstić information content (AvgIpc) is 3.22. The summed E-state index contributed by atoms with van der Waals surface area (Å²) in [6.45, 7) is -0.431. The van der Waals surface area contributed by atoms with Crippen molar-refractivity contribution in [3.63, 3.8) is 0 Å². The minimum absolute atomic E-state index is 0.1000. The van der Waals surface area contributed by atoms with E-state index in [0.29, 0.717) is 24.2 Å². The third-order valence-electron chi connectivity index (χ3n) is 3.64. The Hall–Kier alpha value is -1.40. The Balaban J connectivity index is 1.92. The lowest BCUT2D eigenvalue weighted by Gasteiger charge is -2.11. The SMILES string of the molecule is COCCNCC1CC1c1ccc(OC)c(OC(F)F)c1. The van der Waals surface area contributed by atoms with Crippen LogP contribution < -0.4 is 14.8 Å². The van der Waals surface area contributed by atoms with E-state index in [1.165, 1.54) is 7.11 Å². The molecule has 118 valence electrons. The van der Waals surface area contributed by atoms with Gasteiger partial charge in [-0.1, -0.05) is 6.07 Å². The summed E-state index contributed by atoms with van der Waals surface area (Å²) in [5, 5.41) is 3.32. The van der Waals surface area contributed by atoms with Crippen molar-refractivity contribution in [3.05, 3.63) is 23.8 Å². The average molecular weight is 301 g/mol. The van der Waals surface area contributed by atoms with Crippen LogP contribution >= 0.6 is 0 Å². The molecule has 1 saturated carbocycles. The third kappa shape index (κ3) is 4.54. The van der Waals surface area contributed by atoms with Crippen molar-refractivity contribution in [1.29, 1.82) is 0 Å². The molecular formula is C15H21F2NO3. The molecule has 0 heterocycles. The number of alkyl halides is 2. The molecule has 21 heavy (non-hydrogen) atoms. The second-order valence-electron chi connectivity index (χ2n) is 5.09. The van der Waals surface area contributed by atoms with Gasteiger partial charge in [0.15, 0.2) is 11.5 Å². The van der Waals surface area contributed by atoms with Gasteiger partial charge in [-0.05, 0) is 42.5 Å². The number of ether oxygens (including phenoxy) is 3. The highest BCUT2D eigenvalue weighted by atomic mass is 19.3. The number of nitrogens with one attached hydrogen (secondary N) is 1. The van der Waals surface area contributed by atoms with Crippen LogP contribution in [0.5, 0.6) is 11.5 Å². The quantitative estimate of drug-likeness (QED) is 0.712. The monoisotopic (exact) mass is 301 g/mol. The van der Waals surface area contributed by atoms with Crippen molar-refractivity contribution in [3.8, 4) is 11.5 Å². The molecule has 1 fully saturated rings. The first kappa shape index (κ1) is 16.0. The molecule has 1 N–H and O–H groups in total. The van der Waals surface area contributed by atoms with E-state index in [1.54, 1.807) is 19.2 Å². The maximum absolute atomic E-state index is 12.4. The first-order valence-corrected chi connectivity index (χ1v) is 6.98. The van der Waals surface area contributed by atoms with Crippen LogP contribution in [0.1, 0.15) is 17.9 Å². The summed E-state index contributed by atoms with van der Waals surface area (Å²) in [7, 11) is 3.11. The molecule has 0 aromatic heterocycles. The molecule has 0 aliphatic heterocycles. The minimum Gasteiger partial charge on any atom is -0.493 e. The van der Waals surface area contributed by atoms with Crippen molar-refractivity contribution >= 4 is 0 Å². The van der Waals surface area contributed by atoms with Crippen molar-refractivity contribution < 1.29 is 23.0 Å². The van der Waals surface area contributed by atoms with E-state index in [0.717, 1.165) is 25.1 Å². The first-order valence-electron chi connectivity index (χ1n) is 6.98. The van der Waals surface area contributed by atoms with Crippen LogP contribution in [0, 0.1) is 5.92 Å². The molecule has 0 amide bonds. The fourth-order valence-corrected chi connectivity index (χ4v) is 2.46. The molecule has 2 rings (SSSR count). The molecule has 0 radical (unpaired) electrons. The summed E-state index contributed by atoms with van der Waals surface area (Å²) in [6.07, 6.45) is 1.06. The van der Waals surface area contributed by atoms with E-state index in [1.807, 2.05) is 6.07 Å². The minimum atomic E-state index is -2.85. The van der Waals surface area contributed by atoms with Crippen molar-refractivity contribution in [2.75, 3.05) is 33.9 Å². The molecule has 1 aromatic carbocycles. The maximum Gasteiger partial charge on any atom is 0.387 e. The molecule has 1 aliphatic rings. The van der Waals surface area contributed by atoms with Crippen LogP contribution in [0.2, 0.25) is 0 Å². The van der Waals surface area contributed by atoms with Gasteiger partial charge < -0.3 is 19.5 Å². The lowest BCUT2D eigenvalue weighted by atomic mass is 10.1. The predicted molar refractivity (Wildman–Crippen MR) is 75.2 cm³/mol. The number of methoxy groups -OCH3 is 2. The number of halogens is 2. The van der Waals surface area contributed by atoms with Gasteiger partial charge in [-0.15, -0.1) is 0 Å². The van der Waals surface area contributed by atoms with Gasteiger partial charge in [0.05, 0.1) is 13.7 Å². The number of hydrogen-bond donors (Lipinski definition) is 1. The number of benzene rings is 1. The standard InChI is InChI=1S/C15H21F2NO3/c1-19-6-5-18-9-11-7-12(11)10-3-4-13(20-2)14(8-10)21-15(16)17/h3-4,8,11-12,15,18H,5-7,9H2,1-2H3. The zero-order valence-corrected chi connectivity index (χ0v) is 12.3. The van der Waals surface area contributed by atoms with Crippen LogP contribution in [0.25, 0.3) is 0 Å². The van der Waals surface area contributed by atoms with Gasteiger partial charge in [0.1, 0.15) is 0 Å². The van der Waals surface area contributed by atoms with Gasteiger partial charge in [-0.25, -0.2) is 0 Å².